The highest BCUT2D eigenvalue weighted by Crippen LogP contribution is 2.36. The van der Waals surface area contributed by atoms with E-state index in [9.17, 15) is 18.8 Å². The monoisotopic (exact) mass is 723 g/mol. The summed E-state index contributed by atoms with van der Waals surface area (Å²) in [5.74, 6) is 7.09. The van der Waals surface area contributed by atoms with Gasteiger partial charge in [-0.15, -0.1) is 5.10 Å². The summed E-state index contributed by atoms with van der Waals surface area (Å²) in [5.41, 5.74) is 5.47. The summed E-state index contributed by atoms with van der Waals surface area (Å²) >= 11 is 0. The van der Waals surface area contributed by atoms with Crippen molar-refractivity contribution >= 4 is 35.0 Å². The van der Waals surface area contributed by atoms with Gasteiger partial charge in [0.1, 0.15) is 29.2 Å². The Bertz CT molecular complexity index is 2360. The number of halogens is 1. The summed E-state index contributed by atoms with van der Waals surface area (Å²) in [7, 11) is 0. The first-order chi connectivity index (χ1) is 26.4. The molecule has 0 bridgehead atoms. The molecular weight excluding hydrogens is 686 g/mol. The Hall–Kier alpha value is -6.13. The average molecular weight is 724 g/mol. The molecule has 3 aromatic heterocycles. The Balaban J connectivity index is 0.837. The summed E-state index contributed by atoms with van der Waals surface area (Å²) < 4.78 is 15.9. The van der Waals surface area contributed by atoms with Gasteiger partial charge in [-0.05, 0) is 78.9 Å². The van der Waals surface area contributed by atoms with Gasteiger partial charge in [-0.25, -0.2) is 18.9 Å². The lowest BCUT2D eigenvalue weighted by Gasteiger charge is -2.34. The molecule has 0 saturated carbocycles. The molecule has 2 aromatic carbocycles. The van der Waals surface area contributed by atoms with Gasteiger partial charge in [-0.1, -0.05) is 36.1 Å². The van der Waals surface area contributed by atoms with Crippen LogP contribution in [0.3, 0.4) is 0 Å². The Labute approximate surface area is 311 Å². The molecule has 3 fully saturated rings. The van der Waals surface area contributed by atoms with E-state index in [0.717, 1.165) is 90.9 Å². The van der Waals surface area contributed by atoms with Crippen LogP contribution < -0.4 is 15.1 Å². The number of imidazole rings is 1. The fourth-order valence-electron chi connectivity index (χ4n) is 8.06. The van der Waals surface area contributed by atoms with Crippen molar-refractivity contribution in [2.24, 2.45) is 0 Å². The second-order valence-corrected chi connectivity index (χ2v) is 14.2. The zero-order valence-electron chi connectivity index (χ0n) is 29.6. The second kappa shape index (κ2) is 14.0. The number of piperidine rings is 1. The van der Waals surface area contributed by atoms with Gasteiger partial charge in [0.2, 0.25) is 11.8 Å². The largest absolute Gasteiger partial charge is 0.354 e. The number of carbonyl (C=O) groups is 3. The quantitative estimate of drug-likeness (QED) is 0.203. The van der Waals surface area contributed by atoms with Gasteiger partial charge in [-0.3, -0.25) is 24.6 Å². The van der Waals surface area contributed by atoms with Gasteiger partial charge in [0, 0.05) is 56.8 Å². The Morgan fingerprint density at radius 1 is 0.852 bits per heavy atom. The number of amides is 3. The van der Waals surface area contributed by atoms with E-state index in [-0.39, 0.29) is 30.1 Å². The van der Waals surface area contributed by atoms with Gasteiger partial charge in [0.05, 0.1) is 24.5 Å². The first kappa shape index (κ1) is 33.7. The topological polar surface area (TPSA) is 119 Å². The van der Waals surface area contributed by atoms with Crippen molar-refractivity contribution in [2.45, 2.75) is 44.3 Å². The summed E-state index contributed by atoms with van der Waals surface area (Å²) in [6, 6.07) is 21.9. The van der Waals surface area contributed by atoms with Gasteiger partial charge < -0.3 is 14.7 Å². The molecule has 4 aliphatic heterocycles. The molecule has 272 valence electrons. The number of rotatable bonds is 6. The molecule has 1 N–H and O–H groups in total. The zero-order chi connectivity index (χ0) is 36.8. The third kappa shape index (κ3) is 6.43. The molecule has 0 radical (unpaired) electrons. The van der Waals surface area contributed by atoms with Crippen molar-refractivity contribution < 1.29 is 18.8 Å². The highest BCUT2D eigenvalue weighted by molar-refractivity contribution is 6.05. The van der Waals surface area contributed by atoms with E-state index in [0.29, 0.717) is 25.1 Å². The molecule has 9 rings (SSSR count). The molecule has 4 aliphatic rings. The van der Waals surface area contributed by atoms with Crippen molar-refractivity contribution in [2.75, 3.05) is 49.1 Å². The maximum Gasteiger partial charge on any atom is 0.255 e. The van der Waals surface area contributed by atoms with Gasteiger partial charge >= 0.3 is 0 Å². The van der Waals surface area contributed by atoms with Crippen LogP contribution in [-0.4, -0.2) is 92.4 Å². The van der Waals surface area contributed by atoms with Crippen LogP contribution in [0.15, 0.2) is 79.0 Å². The fraction of sp³-hybridized carbons (Fsp3) is 0.317. The smallest absolute Gasteiger partial charge is 0.255 e. The number of hydrogen-bond donors (Lipinski definition) is 1. The number of pyridine rings is 1. The van der Waals surface area contributed by atoms with Gasteiger partial charge in [0.15, 0.2) is 5.65 Å². The molecule has 13 heteroatoms. The van der Waals surface area contributed by atoms with E-state index < -0.39 is 11.9 Å². The number of nitrogens with one attached hydrogen (secondary N) is 1. The molecule has 3 amide bonds. The van der Waals surface area contributed by atoms with Crippen LogP contribution in [0.5, 0.6) is 0 Å². The predicted molar refractivity (Wildman–Crippen MR) is 200 cm³/mol. The summed E-state index contributed by atoms with van der Waals surface area (Å²) in [6.07, 6.45) is 4.33. The lowest BCUT2D eigenvalue weighted by atomic mass is 10.0. The summed E-state index contributed by atoms with van der Waals surface area (Å²) in [6.45, 7) is 5.05. The predicted octanol–water partition coefficient (Wildman–Crippen LogP) is 4.21. The molecule has 5 aromatic rings. The standard InChI is InChI=1S/C41H38FN9O3/c42-30-7-1-6-28(24-30)33-9-4-18-49(33)38-15-14-36-43-25-35(51(36)46-38)32-8-2-10-37(44-32)48-21-19-47(20-22-48)17-3-5-27-11-12-29-26-50(41(54)31(29)23-27)34-13-16-39(52)45-40(34)53/h1-2,6-8,10-12,14-15,23-25,33-34H,4,9,13,16-22,26H2,(H,45,52,53)/t33-,34?/m0/s1. The van der Waals surface area contributed by atoms with Gasteiger partial charge in [0.25, 0.3) is 5.91 Å². The third-order valence-electron chi connectivity index (χ3n) is 10.9. The molecule has 3 saturated heterocycles. The summed E-state index contributed by atoms with van der Waals surface area (Å²) in [4.78, 5) is 55.2. The highest BCUT2D eigenvalue weighted by Gasteiger charge is 2.39. The van der Waals surface area contributed by atoms with Crippen LogP contribution in [0.2, 0.25) is 0 Å². The minimum absolute atomic E-state index is 0.0633. The van der Waals surface area contributed by atoms with Crippen LogP contribution in [0.4, 0.5) is 16.0 Å². The normalized spacial score (nSPS) is 20.3. The molecule has 0 aliphatic carbocycles. The molecular formula is C41H38FN9O3. The highest BCUT2D eigenvalue weighted by atomic mass is 19.1. The number of nitrogens with zero attached hydrogens (tertiary/aromatic N) is 8. The average Bonchev–Trinajstić information content (AvgIpc) is 3.93. The van der Waals surface area contributed by atoms with Crippen LogP contribution in [0.1, 0.15) is 58.8 Å². The van der Waals surface area contributed by atoms with Crippen LogP contribution >= 0.6 is 0 Å². The number of hydrogen-bond acceptors (Lipinski definition) is 9. The van der Waals surface area contributed by atoms with E-state index in [1.165, 1.54) is 6.07 Å². The zero-order valence-corrected chi connectivity index (χ0v) is 29.6. The van der Waals surface area contributed by atoms with E-state index in [1.54, 1.807) is 17.0 Å². The maximum atomic E-state index is 14.1. The lowest BCUT2D eigenvalue weighted by Crippen LogP contribution is -2.52. The van der Waals surface area contributed by atoms with E-state index in [1.807, 2.05) is 65.3 Å². The number of fused-ring (bicyclic) bond motifs is 2. The van der Waals surface area contributed by atoms with E-state index in [4.69, 9.17) is 10.1 Å². The van der Waals surface area contributed by atoms with Crippen molar-refractivity contribution in [1.82, 2.24) is 34.7 Å². The molecule has 7 heterocycles. The minimum atomic E-state index is -0.631. The van der Waals surface area contributed by atoms with Crippen molar-refractivity contribution in [3.8, 4) is 23.2 Å². The van der Waals surface area contributed by atoms with E-state index >= 15 is 0 Å². The molecule has 2 atom stereocenters. The SMILES string of the molecule is O=C1CCC(N2Cc3ccc(C#CCN4CCN(c5cccc(-c6cnc7ccc(N8CCC[C@H]8c8cccc(F)c8)nn67)n5)CC4)cc3C2=O)C(=O)N1. The van der Waals surface area contributed by atoms with Crippen molar-refractivity contribution in [3.63, 3.8) is 0 Å². The van der Waals surface area contributed by atoms with Crippen molar-refractivity contribution in [1.29, 1.82) is 0 Å². The maximum absolute atomic E-state index is 14.1. The molecule has 54 heavy (non-hydrogen) atoms. The Kier molecular flexibility index (Phi) is 8.75. The number of imide groups is 1. The Morgan fingerprint density at radius 2 is 1.72 bits per heavy atom. The van der Waals surface area contributed by atoms with Crippen LogP contribution in [-0.2, 0) is 16.1 Å². The first-order valence-corrected chi connectivity index (χ1v) is 18.5. The fourth-order valence-corrected chi connectivity index (χ4v) is 8.06. The number of carbonyl (C=O) groups excluding carboxylic acids is 3. The lowest BCUT2D eigenvalue weighted by molar-refractivity contribution is -0.136. The third-order valence-corrected chi connectivity index (χ3v) is 10.9. The number of piperazine rings is 1. The number of benzene rings is 2. The molecule has 12 nitrogen and oxygen atoms in total. The van der Waals surface area contributed by atoms with Crippen molar-refractivity contribution in [3.05, 3.63) is 107 Å². The van der Waals surface area contributed by atoms with E-state index in [2.05, 4.69) is 36.8 Å². The van der Waals surface area contributed by atoms with Crippen LogP contribution in [0, 0.1) is 17.7 Å². The van der Waals surface area contributed by atoms with Gasteiger partial charge in [-0.2, -0.15) is 0 Å². The summed E-state index contributed by atoms with van der Waals surface area (Å²) in [5, 5.41) is 7.36. The first-order valence-electron chi connectivity index (χ1n) is 18.5. The number of anilines is 2. The van der Waals surface area contributed by atoms with Crippen LogP contribution in [0.25, 0.3) is 17.0 Å². The second-order valence-electron chi connectivity index (χ2n) is 14.2. The number of aromatic nitrogens is 4. The Morgan fingerprint density at radius 3 is 2.57 bits per heavy atom. The minimum Gasteiger partial charge on any atom is -0.354 e. The molecule has 0 spiro atoms. The molecule has 1 unspecified atom stereocenters.